The number of aryl methyl sites for hydroxylation is 2. The van der Waals surface area contributed by atoms with Crippen LogP contribution in [0.4, 0.5) is 10.5 Å². The molecule has 0 bridgehead atoms. The summed E-state index contributed by atoms with van der Waals surface area (Å²) in [6.45, 7) is 7.90. The Labute approximate surface area is 210 Å². The molecule has 1 aromatic carbocycles. The van der Waals surface area contributed by atoms with Gasteiger partial charge in [-0.05, 0) is 69.2 Å². The third-order valence-corrected chi connectivity index (χ3v) is 6.94. The monoisotopic (exact) mass is 502 g/mol. The quantitative estimate of drug-likeness (QED) is 0.565. The van der Waals surface area contributed by atoms with E-state index in [4.69, 9.17) is 24.1 Å². The molecule has 196 valence electrons. The Hall–Kier alpha value is -2.95. The van der Waals surface area contributed by atoms with Crippen LogP contribution in [0.1, 0.15) is 53.6 Å². The van der Waals surface area contributed by atoms with E-state index in [0.29, 0.717) is 43.7 Å². The Balaban J connectivity index is 1.79. The number of hydrogen-bond acceptors (Lipinski definition) is 7. The van der Waals surface area contributed by atoms with Gasteiger partial charge in [-0.3, -0.25) is 4.79 Å². The van der Waals surface area contributed by atoms with Crippen molar-refractivity contribution in [1.82, 2.24) is 4.90 Å². The highest BCUT2D eigenvalue weighted by Crippen LogP contribution is 2.38. The molecule has 4 atom stereocenters. The van der Waals surface area contributed by atoms with Gasteiger partial charge in [-0.2, -0.15) is 0 Å². The van der Waals surface area contributed by atoms with Gasteiger partial charge in [0.2, 0.25) is 0 Å². The summed E-state index contributed by atoms with van der Waals surface area (Å²) < 4.78 is 23.4. The molecule has 2 unspecified atom stereocenters. The molecular formula is C26H34N2O8. The summed E-state index contributed by atoms with van der Waals surface area (Å²) in [5.41, 5.74) is 2.64. The number of anilines is 1. The van der Waals surface area contributed by atoms with Crippen molar-refractivity contribution in [2.24, 2.45) is 0 Å². The molecule has 2 fully saturated rings. The predicted octanol–water partition coefficient (Wildman–Crippen LogP) is 3.39. The average molecular weight is 503 g/mol. The summed E-state index contributed by atoms with van der Waals surface area (Å²) in [5, 5.41) is 9.09. The van der Waals surface area contributed by atoms with Crippen LogP contribution < -0.4 is 4.90 Å². The Bertz CT molecular complexity index is 1010. The number of piperidine rings is 1. The van der Waals surface area contributed by atoms with Gasteiger partial charge in [-0.1, -0.05) is 12.7 Å². The minimum absolute atomic E-state index is 0.00513. The molecule has 0 radical (unpaired) electrons. The molecule has 10 nitrogen and oxygen atoms in total. The minimum Gasteiger partial charge on any atom is -0.480 e. The molecule has 3 heterocycles. The van der Waals surface area contributed by atoms with Crippen LogP contribution in [0.5, 0.6) is 0 Å². The first-order chi connectivity index (χ1) is 17.3. The molecule has 36 heavy (non-hydrogen) atoms. The SMILES string of the molecule is C=CCOC(=O)N1c2cc(C)c(C)cc2C(=O)N2CC[C@@H](OCC(=O)O)C[C@H]2C1OC1CCCCO1. The first-order valence-electron chi connectivity index (χ1n) is 12.4. The van der Waals surface area contributed by atoms with Crippen LogP contribution in [0.15, 0.2) is 24.8 Å². The molecule has 4 rings (SSSR count). The second-order valence-electron chi connectivity index (χ2n) is 9.43. The molecule has 2 amide bonds. The minimum atomic E-state index is -1.06. The maximum absolute atomic E-state index is 13.8. The first kappa shape index (κ1) is 26.1. The molecule has 0 saturated carbocycles. The highest BCUT2D eigenvalue weighted by molar-refractivity contribution is 6.05. The highest BCUT2D eigenvalue weighted by atomic mass is 16.7. The van der Waals surface area contributed by atoms with Crippen molar-refractivity contribution in [3.8, 4) is 0 Å². The van der Waals surface area contributed by atoms with Crippen molar-refractivity contribution in [3.63, 3.8) is 0 Å². The largest absolute Gasteiger partial charge is 0.480 e. The van der Waals surface area contributed by atoms with Crippen molar-refractivity contribution in [1.29, 1.82) is 0 Å². The zero-order chi connectivity index (χ0) is 25.8. The number of carboxylic acid groups (broad SMARTS) is 1. The number of aliphatic carboxylic acids is 1. The maximum atomic E-state index is 13.8. The molecule has 10 heteroatoms. The Morgan fingerprint density at radius 1 is 1.22 bits per heavy atom. The summed E-state index contributed by atoms with van der Waals surface area (Å²) in [6.07, 6.45) is 2.21. The van der Waals surface area contributed by atoms with E-state index in [-0.39, 0.29) is 12.5 Å². The van der Waals surface area contributed by atoms with Crippen molar-refractivity contribution >= 4 is 23.7 Å². The van der Waals surface area contributed by atoms with E-state index in [1.54, 1.807) is 11.0 Å². The number of carbonyl (C=O) groups excluding carboxylic acids is 2. The average Bonchev–Trinajstić information content (AvgIpc) is 2.95. The zero-order valence-corrected chi connectivity index (χ0v) is 20.8. The van der Waals surface area contributed by atoms with Gasteiger partial charge in [0, 0.05) is 13.2 Å². The lowest BCUT2D eigenvalue weighted by Gasteiger charge is -2.44. The second kappa shape index (κ2) is 11.4. The van der Waals surface area contributed by atoms with Gasteiger partial charge >= 0.3 is 12.1 Å². The topological polar surface area (TPSA) is 115 Å². The molecule has 1 N–H and O–H groups in total. The van der Waals surface area contributed by atoms with Crippen molar-refractivity contribution in [3.05, 3.63) is 41.5 Å². The highest BCUT2D eigenvalue weighted by Gasteiger charge is 2.48. The Kier molecular flexibility index (Phi) is 8.28. The lowest BCUT2D eigenvalue weighted by atomic mass is 9.97. The molecule has 3 aliphatic rings. The number of fused-ring (bicyclic) bond motifs is 2. The molecule has 3 aliphatic heterocycles. The van der Waals surface area contributed by atoms with Crippen LogP contribution in [0.3, 0.4) is 0 Å². The number of carbonyl (C=O) groups is 3. The number of carboxylic acids is 1. The molecule has 0 spiro atoms. The van der Waals surface area contributed by atoms with Crippen LogP contribution >= 0.6 is 0 Å². The lowest BCUT2D eigenvalue weighted by molar-refractivity contribution is -0.202. The molecule has 1 aromatic rings. The fourth-order valence-electron chi connectivity index (χ4n) is 4.99. The number of rotatable bonds is 7. The summed E-state index contributed by atoms with van der Waals surface area (Å²) in [7, 11) is 0. The van der Waals surface area contributed by atoms with Gasteiger partial charge in [0.15, 0.2) is 12.5 Å². The van der Waals surface area contributed by atoms with E-state index >= 15 is 0 Å². The maximum Gasteiger partial charge on any atom is 0.416 e. The standard InChI is InChI=1S/C26H34N2O8/c1-4-10-34-26(32)28-20-13-17(3)16(2)12-19(20)24(31)27-9-8-18(35-15-22(29)30)14-21(27)25(28)36-23-7-5-6-11-33-23/h4,12-13,18,21,23,25H,1,5-11,14-15H2,2-3H3,(H,29,30)/t18-,21+,23?,25?/m1/s1. The van der Waals surface area contributed by atoms with E-state index < -0.39 is 43.3 Å². The van der Waals surface area contributed by atoms with Gasteiger partial charge in [-0.15, -0.1) is 0 Å². The summed E-state index contributed by atoms with van der Waals surface area (Å²) in [6, 6.07) is 3.01. The lowest BCUT2D eigenvalue weighted by Crippen LogP contribution is -2.59. The number of benzene rings is 1. The summed E-state index contributed by atoms with van der Waals surface area (Å²) >= 11 is 0. The fourth-order valence-corrected chi connectivity index (χ4v) is 4.99. The van der Waals surface area contributed by atoms with E-state index in [1.165, 1.54) is 11.0 Å². The van der Waals surface area contributed by atoms with Gasteiger partial charge < -0.3 is 29.0 Å². The van der Waals surface area contributed by atoms with Crippen molar-refractivity contribution < 1.29 is 38.4 Å². The van der Waals surface area contributed by atoms with E-state index in [0.717, 1.165) is 24.0 Å². The normalized spacial score (nSPS) is 26.0. The Morgan fingerprint density at radius 3 is 2.69 bits per heavy atom. The third-order valence-electron chi connectivity index (χ3n) is 6.94. The van der Waals surface area contributed by atoms with Crippen LogP contribution in [0, 0.1) is 13.8 Å². The van der Waals surface area contributed by atoms with E-state index in [2.05, 4.69) is 6.58 Å². The van der Waals surface area contributed by atoms with Gasteiger partial charge in [0.1, 0.15) is 13.2 Å². The predicted molar refractivity (Wildman–Crippen MR) is 130 cm³/mol. The number of amides is 2. The zero-order valence-electron chi connectivity index (χ0n) is 20.8. The number of nitrogens with zero attached hydrogens (tertiary/aromatic N) is 2. The summed E-state index contributed by atoms with van der Waals surface area (Å²) in [4.78, 5) is 41.6. The third kappa shape index (κ3) is 5.55. The van der Waals surface area contributed by atoms with Crippen LogP contribution in [-0.4, -0.2) is 79.0 Å². The second-order valence-corrected chi connectivity index (χ2v) is 9.43. The van der Waals surface area contributed by atoms with E-state index in [9.17, 15) is 14.4 Å². The molecule has 0 aliphatic carbocycles. The molecule has 2 saturated heterocycles. The number of hydrogen-bond donors (Lipinski definition) is 1. The Morgan fingerprint density at radius 2 is 2.00 bits per heavy atom. The van der Waals surface area contributed by atoms with Crippen molar-refractivity contribution in [2.75, 3.05) is 31.3 Å². The molecule has 0 aromatic heterocycles. The summed E-state index contributed by atoms with van der Waals surface area (Å²) in [5.74, 6) is -1.28. The number of ether oxygens (including phenoxy) is 4. The molecular weight excluding hydrogens is 468 g/mol. The van der Waals surface area contributed by atoms with Crippen LogP contribution in [0.25, 0.3) is 0 Å². The fraction of sp³-hybridized carbons (Fsp3) is 0.577. The van der Waals surface area contributed by atoms with Crippen LogP contribution in [-0.2, 0) is 23.7 Å². The van der Waals surface area contributed by atoms with E-state index in [1.807, 2.05) is 19.9 Å². The van der Waals surface area contributed by atoms with Gasteiger partial charge in [0.05, 0.1) is 23.4 Å². The smallest absolute Gasteiger partial charge is 0.416 e. The van der Waals surface area contributed by atoms with Crippen molar-refractivity contribution in [2.45, 2.75) is 70.6 Å². The van der Waals surface area contributed by atoms with Gasteiger partial charge in [0.25, 0.3) is 5.91 Å². The van der Waals surface area contributed by atoms with Gasteiger partial charge in [-0.25, -0.2) is 14.5 Å². The van der Waals surface area contributed by atoms with Crippen LogP contribution in [0.2, 0.25) is 0 Å². The first-order valence-corrected chi connectivity index (χ1v) is 12.4.